The average Bonchev–Trinajstić information content (AvgIpc) is 2.92. The van der Waals surface area contributed by atoms with Gasteiger partial charge in [0, 0.05) is 10.0 Å². The summed E-state index contributed by atoms with van der Waals surface area (Å²) in [7, 11) is 1.53. The third-order valence-electron chi connectivity index (χ3n) is 3.76. The molecule has 1 aliphatic heterocycles. The van der Waals surface area contributed by atoms with Crippen molar-refractivity contribution in [3.05, 3.63) is 58.1 Å². The number of rotatable bonds is 5. The Morgan fingerprint density at radius 2 is 1.92 bits per heavy atom. The molecule has 2 aromatic rings. The van der Waals surface area contributed by atoms with E-state index >= 15 is 0 Å². The second kappa shape index (κ2) is 7.61. The highest BCUT2D eigenvalue weighted by atomic mass is 79.9. The molecule has 1 fully saturated rings. The molecule has 0 spiro atoms. The number of carbonyl (C=O) groups excluding carboxylic acids is 2. The van der Waals surface area contributed by atoms with Gasteiger partial charge in [-0.3, -0.25) is 15.0 Å². The van der Waals surface area contributed by atoms with Gasteiger partial charge in [0.1, 0.15) is 5.57 Å². The van der Waals surface area contributed by atoms with Gasteiger partial charge in [-0.25, -0.2) is 5.01 Å². The van der Waals surface area contributed by atoms with E-state index < -0.39 is 11.8 Å². The number of carbonyl (C=O) groups is 2. The summed E-state index contributed by atoms with van der Waals surface area (Å²) in [5, 5.41) is 1.23. The minimum absolute atomic E-state index is 0.0231. The third kappa shape index (κ3) is 3.43. The maximum atomic E-state index is 12.7. The molecule has 2 amide bonds. The average molecular weight is 417 g/mol. The molecule has 0 aromatic heterocycles. The Morgan fingerprint density at radius 3 is 2.58 bits per heavy atom. The number of para-hydroxylation sites is 1. The summed E-state index contributed by atoms with van der Waals surface area (Å²) < 4.78 is 11.8. The highest BCUT2D eigenvalue weighted by Crippen LogP contribution is 2.36. The maximum absolute atomic E-state index is 12.7. The molecule has 1 saturated heterocycles. The molecule has 0 radical (unpaired) electrons. The molecule has 1 heterocycles. The first kappa shape index (κ1) is 18.0. The van der Waals surface area contributed by atoms with E-state index in [1.807, 2.05) is 13.0 Å². The predicted molar refractivity (Wildman–Crippen MR) is 102 cm³/mol. The lowest BCUT2D eigenvalue weighted by Gasteiger charge is -2.14. The Labute approximate surface area is 159 Å². The number of halogens is 1. The summed E-state index contributed by atoms with van der Waals surface area (Å²) in [6.07, 6.45) is 1.51. The number of methoxy groups -OCH3 is 1. The third-order valence-corrected chi connectivity index (χ3v) is 4.22. The number of anilines is 1. The second-order valence-electron chi connectivity index (χ2n) is 5.43. The molecule has 0 unspecified atom stereocenters. The van der Waals surface area contributed by atoms with Crippen molar-refractivity contribution in [2.75, 3.05) is 18.7 Å². The van der Waals surface area contributed by atoms with Crippen molar-refractivity contribution in [1.29, 1.82) is 0 Å². The van der Waals surface area contributed by atoms with Crippen molar-refractivity contribution in [3.8, 4) is 11.5 Å². The quantitative estimate of drug-likeness (QED) is 0.599. The van der Waals surface area contributed by atoms with Crippen molar-refractivity contribution in [2.45, 2.75) is 6.92 Å². The number of amides is 2. The molecule has 7 heteroatoms. The van der Waals surface area contributed by atoms with Crippen LogP contribution in [-0.4, -0.2) is 25.5 Å². The number of hydrazine groups is 1. The van der Waals surface area contributed by atoms with Crippen LogP contribution in [0.2, 0.25) is 0 Å². The minimum atomic E-state index is -0.472. The fourth-order valence-electron chi connectivity index (χ4n) is 2.62. The van der Waals surface area contributed by atoms with Crippen molar-refractivity contribution in [1.82, 2.24) is 5.43 Å². The van der Waals surface area contributed by atoms with Crippen LogP contribution in [0.4, 0.5) is 5.69 Å². The molecule has 0 aliphatic carbocycles. The van der Waals surface area contributed by atoms with E-state index in [1.54, 1.807) is 36.4 Å². The van der Waals surface area contributed by atoms with Crippen LogP contribution >= 0.6 is 15.9 Å². The molecular weight excluding hydrogens is 400 g/mol. The van der Waals surface area contributed by atoms with E-state index in [1.165, 1.54) is 18.2 Å². The zero-order valence-electron chi connectivity index (χ0n) is 14.3. The molecule has 1 N–H and O–H groups in total. The van der Waals surface area contributed by atoms with Gasteiger partial charge in [-0.1, -0.05) is 34.1 Å². The number of benzene rings is 2. The lowest BCUT2D eigenvalue weighted by atomic mass is 10.1. The summed E-state index contributed by atoms with van der Waals surface area (Å²) in [5.74, 6) is 0.0890. The predicted octanol–water partition coefficient (Wildman–Crippen LogP) is 3.32. The van der Waals surface area contributed by atoms with Gasteiger partial charge in [-0.05, 0) is 37.3 Å². The van der Waals surface area contributed by atoms with Gasteiger partial charge in [0.15, 0.2) is 11.5 Å². The van der Waals surface area contributed by atoms with Gasteiger partial charge < -0.3 is 9.47 Å². The normalized spacial score (nSPS) is 15.3. The van der Waals surface area contributed by atoms with Gasteiger partial charge in [0.05, 0.1) is 19.4 Å². The molecule has 1 aliphatic rings. The van der Waals surface area contributed by atoms with Gasteiger partial charge >= 0.3 is 0 Å². The Bertz CT molecular complexity index is 881. The number of ether oxygens (including phenoxy) is 2. The van der Waals surface area contributed by atoms with Crippen LogP contribution in [0.5, 0.6) is 11.5 Å². The molecule has 2 aromatic carbocycles. The zero-order valence-corrected chi connectivity index (χ0v) is 15.9. The van der Waals surface area contributed by atoms with Crippen LogP contribution in [0.25, 0.3) is 6.08 Å². The lowest BCUT2D eigenvalue weighted by molar-refractivity contribution is -0.117. The number of hydrogen-bond donors (Lipinski definition) is 1. The molecule has 134 valence electrons. The van der Waals surface area contributed by atoms with Gasteiger partial charge in [-0.2, -0.15) is 0 Å². The van der Waals surface area contributed by atoms with Crippen LogP contribution in [0.1, 0.15) is 12.5 Å². The van der Waals surface area contributed by atoms with Gasteiger partial charge in [0.2, 0.25) is 0 Å². The largest absolute Gasteiger partial charge is 0.493 e. The summed E-state index contributed by atoms with van der Waals surface area (Å²) in [6.45, 7) is 2.27. The maximum Gasteiger partial charge on any atom is 0.282 e. The Morgan fingerprint density at radius 1 is 1.19 bits per heavy atom. The molecule has 26 heavy (non-hydrogen) atoms. The van der Waals surface area contributed by atoms with E-state index in [2.05, 4.69) is 21.4 Å². The first-order valence-corrected chi connectivity index (χ1v) is 8.77. The zero-order chi connectivity index (χ0) is 18.7. The molecule has 3 rings (SSSR count). The van der Waals surface area contributed by atoms with Crippen LogP contribution in [0, 0.1) is 0 Å². The Kier molecular flexibility index (Phi) is 5.27. The van der Waals surface area contributed by atoms with E-state index in [-0.39, 0.29) is 5.57 Å². The monoisotopic (exact) mass is 416 g/mol. The molecule has 0 atom stereocenters. The second-order valence-corrected chi connectivity index (χ2v) is 6.35. The van der Waals surface area contributed by atoms with E-state index in [4.69, 9.17) is 9.47 Å². The summed E-state index contributed by atoms with van der Waals surface area (Å²) >= 11 is 3.41. The first-order valence-electron chi connectivity index (χ1n) is 7.97. The molecule has 0 saturated carbocycles. The standard InChI is InChI=1S/C19H17BrN2O4/c1-3-26-17-12(9-13(20)11-16(17)25-2)10-15-18(23)21-22(19(15)24)14-7-5-4-6-8-14/h4-11H,3H2,1-2H3,(H,21,23)/b15-10-. The number of nitrogens with one attached hydrogen (secondary N) is 1. The van der Waals surface area contributed by atoms with E-state index in [0.717, 1.165) is 4.47 Å². The first-order chi connectivity index (χ1) is 12.5. The Hall–Kier alpha value is -2.80. The number of nitrogens with zero attached hydrogens (tertiary/aromatic N) is 1. The molecule has 6 nitrogen and oxygen atoms in total. The van der Waals surface area contributed by atoms with Gasteiger partial charge in [-0.15, -0.1) is 0 Å². The van der Waals surface area contributed by atoms with Crippen molar-refractivity contribution in [3.63, 3.8) is 0 Å². The van der Waals surface area contributed by atoms with E-state index in [9.17, 15) is 9.59 Å². The van der Waals surface area contributed by atoms with Crippen molar-refractivity contribution < 1.29 is 19.1 Å². The molecular formula is C19H17BrN2O4. The summed E-state index contributed by atoms with van der Waals surface area (Å²) in [5.41, 5.74) is 3.77. The van der Waals surface area contributed by atoms with Crippen molar-refractivity contribution in [2.24, 2.45) is 0 Å². The SMILES string of the molecule is CCOc1c(/C=C2/C(=O)NN(c3ccccc3)C2=O)cc(Br)cc1OC. The van der Waals surface area contributed by atoms with Crippen LogP contribution in [0.15, 0.2) is 52.5 Å². The fraction of sp³-hybridized carbons (Fsp3) is 0.158. The highest BCUT2D eigenvalue weighted by Gasteiger charge is 2.34. The molecule has 0 bridgehead atoms. The summed E-state index contributed by atoms with van der Waals surface area (Å²) in [4.78, 5) is 25.1. The van der Waals surface area contributed by atoms with Crippen LogP contribution in [-0.2, 0) is 9.59 Å². The highest BCUT2D eigenvalue weighted by molar-refractivity contribution is 9.10. The van der Waals surface area contributed by atoms with E-state index in [0.29, 0.717) is 29.4 Å². The smallest absolute Gasteiger partial charge is 0.282 e. The van der Waals surface area contributed by atoms with Crippen LogP contribution < -0.4 is 19.9 Å². The fourth-order valence-corrected chi connectivity index (χ4v) is 3.07. The van der Waals surface area contributed by atoms with Crippen molar-refractivity contribution >= 4 is 39.5 Å². The lowest BCUT2D eigenvalue weighted by Crippen LogP contribution is -2.35. The van der Waals surface area contributed by atoms with Gasteiger partial charge in [0.25, 0.3) is 11.8 Å². The Balaban J connectivity index is 2.03. The number of hydrogen-bond acceptors (Lipinski definition) is 4. The summed E-state index contributed by atoms with van der Waals surface area (Å²) in [6, 6.07) is 12.5. The topological polar surface area (TPSA) is 67.9 Å². The van der Waals surface area contributed by atoms with Crippen LogP contribution in [0.3, 0.4) is 0 Å². The minimum Gasteiger partial charge on any atom is -0.493 e.